The Morgan fingerprint density at radius 1 is 0.967 bits per heavy atom. The number of aliphatic carboxylic acids is 2. The lowest BCUT2D eigenvalue weighted by atomic mass is 10.0. The lowest BCUT2D eigenvalue weighted by Crippen LogP contribution is -2.53. The van der Waals surface area contributed by atoms with Crippen LogP contribution in [0.25, 0.3) is 0 Å². The summed E-state index contributed by atoms with van der Waals surface area (Å²) in [7, 11) is 0. The molecule has 7 N–H and O–H groups in total. The van der Waals surface area contributed by atoms with E-state index >= 15 is 0 Å². The van der Waals surface area contributed by atoms with Crippen LogP contribution in [0.1, 0.15) is 39.5 Å². The molecule has 0 aromatic heterocycles. The summed E-state index contributed by atoms with van der Waals surface area (Å²) in [5, 5.41) is 24.8. The highest BCUT2D eigenvalue weighted by atomic mass is 32.2. The minimum absolute atomic E-state index is 0.205. The van der Waals surface area contributed by atoms with Crippen molar-refractivity contribution in [2.24, 2.45) is 11.7 Å². The third kappa shape index (κ3) is 12.3. The molecule has 0 saturated heterocycles. The number of amides is 3. The minimum atomic E-state index is -1.38. The molecule has 0 aromatic carbocycles. The van der Waals surface area contributed by atoms with Crippen molar-refractivity contribution in [2.75, 3.05) is 18.6 Å². The molecule has 0 rings (SSSR count). The summed E-state index contributed by atoms with van der Waals surface area (Å²) in [6, 6.07) is -3.03. The van der Waals surface area contributed by atoms with Gasteiger partial charge in [-0.25, -0.2) is 4.79 Å². The van der Waals surface area contributed by atoms with E-state index in [0.29, 0.717) is 18.6 Å². The van der Waals surface area contributed by atoms with Gasteiger partial charge in [-0.05, 0) is 37.2 Å². The van der Waals surface area contributed by atoms with Crippen molar-refractivity contribution in [3.05, 3.63) is 0 Å². The van der Waals surface area contributed by atoms with Crippen LogP contribution in [0.2, 0.25) is 0 Å². The molecule has 0 aromatic rings. The van der Waals surface area contributed by atoms with Crippen LogP contribution < -0.4 is 21.7 Å². The fraction of sp³-hybridized carbons (Fsp3) is 0.722. The number of carbonyl (C=O) groups excluding carboxylic acids is 3. The summed E-state index contributed by atoms with van der Waals surface area (Å²) in [4.78, 5) is 58.3. The molecule has 0 radical (unpaired) electrons. The maximum atomic E-state index is 12.4. The maximum absolute atomic E-state index is 12.4. The number of rotatable bonds is 15. The van der Waals surface area contributed by atoms with Gasteiger partial charge < -0.3 is 31.9 Å². The first kappa shape index (κ1) is 27.7. The average Bonchev–Trinajstić information content (AvgIpc) is 2.65. The van der Waals surface area contributed by atoms with Crippen molar-refractivity contribution in [2.45, 2.75) is 57.7 Å². The average molecular weight is 449 g/mol. The number of hydrogen-bond donors (Lipinski definition) is 6. The van der Waals surface area contributed by atoms with Gasteiger partial charge in [0.05, 0.1) is 12.6 Å². The second-order valence-electron chi connectivity index (χ2n) is 7.19. The SMILES string of the molecule is CSCCC(NC(=O)C(N)CC(C)C)C(=O)NCC(=O)NC(CCC(=O)O)C(=O)O. The maximum Gasteiger partial charge on any atom is 0.326 e. The Morgan fingerprint density at radius 3 is 2.10 bits per heavy atom. The number of carbonyl (C=O) groups is 5. The van der Waals surface area contributed by atoms with E-state index < -0.39 is 60.8 Å². The van der Waals surface area contributed by atoms with Gasteiger partial charge in [0.1, 0.15) is 12.1 Å². The third-order valence-electron chi connectivity index (χ3n) is 4.01. The molecule has 0 heterocycles. The van der Waals surface area contributed by atoms with Crippen LogP contribution in [0.15, 0.2) is 0 Å². The molecule has 0 aliphatic carbocycles. The van der Waals surface area contributed by atoms with Crippen LogP contribution in [-0.2, 0) is 24.0 Å². The van der Waals surface area contributed by atoms with Gasteiger partial charge in [-0.15, -0.1) is 0 Å². The first-order chi connectivity index (χ1) is 14.0. The topological polar surface area (TPSA) is 188 Å². The van der Waals surface area contributed by atoms with Gasteiger partial charge in [-0.1, -0.05) is 13.8 Å². The molecule has 3 unspecified atom stereocenters. The van der Waals surface area contributed by atoms with Gasteiger partial charge in [-0.3, -0.25) is 19.2 Å². The number of nitrogens with one attached hydrogen (secondary N) is 3. The number of hydrogen-bond acceptors (Lipinski definition) is 7. The zero-order valence-corrected chi connectivity index (χ0v) is 18.3. The Hall–Kier alpha value is -2.34. The fourth-order valence-corrected chi connectivity index (χ4v) is 2.93. The molecule has 30 heavy (non-hydrogen) atoms. The number of carboxylic acids is 2. The summed E-state index contributed by atoms with van der Waals surface area (Å²) < 4.78 is 0. The molecule has 0 fully saturated rings. The largest absolute Gasteiger partial charge is 0.481 e. The zero-order chi connectivity index (χ0) is 23.3. The van der Waals surface area contributed by atoms with Gasteiger partial charge >= 0.3 is 11.9 Å². The molecular weight excluding hydrogens is 416 g/mol. The van der Waals surface area contributed by atoms with E-state index in [4.69, 9.17) is 15.9 Å². The van der Waals surface area contributed by atoms with Crippen molar-refractivity contribution in [1.82, 2.24) is 16.0 Å². The van der Waals surface area contributed by atoms with Gasteiger partial charge in [0.2, 0.25) is 17.7 Å². The summed E-state index contributed by atoms with van der Waals surface area (Å²) in [6.45, 7) is 3.33. The van der Waals surface area contributed by atoms with Gasteiger partial charge in [0.25, 0.3) is 0 Å². The van der Waals surface area contributed by atoms with E-state index in [1.165, 1.54) is 11.8 Å². The van der Waals surface area contributed by atoms with E-state index in [0.717, 1.165) is 0 Å². The van der Waals surface area contributed by atoms with E-state index in [-0.39, 0.29) is 12.3 Å². The first-order valence-corrected chi connectivity index (χ1v) is 10.9. The molecule has 0 spiro atoms. The van der Waals surface area contributed by atoms with Crippen molar-refractivity contribution >= 4 is 41.4 Å². The van der Waals surface area contributed by atoms with Crippen molar-refractivity contribution in [3.63, 3.8) is 0 Å². The highest BCUT2D eigenvalue weighted by molar-refractivity contribution is 7.98. The van der Waals surface area contributed by atoms with Crippen molar-refractivity contribution in [1.29, 1.82) is 0 Å². The van der Waals surface area contributed by atoms with Crippen LogP contribution in [0, 0.1) is 5.92 Å². The van der Waals surface area contributed by atoms with Crippen LogP contribution >= 0.6 is 11.8 Å². The monoisotopic (exact) mass is 448 g/mol. The van der Waals surface area contributed by atoms with Crippen molar-refractivity contribution in [3.8, 4) is 0 Å². The van der Waals surface area contributed by atoms with Gasteiger partial charge in [0.15, 0.2) is 0 Å². The summed E-state index contributed by atoms with van der Waals surface area (Å²) >= 11 is 1.48. The van der Waals surface area contributed by atoms with E-state index in [1.54, 1.807) is 0 Å². The standard InChI is InChI=1S/C18H32N4O7S/c1-10(2)8-11(19)16(26)22-12(6-7-30-3)17(27)20-9-14(23)21-13(18(28)29)4-5-15(24)25/h10-13H,4-9,19H2,1-3H3,(H,20,27)(H,21,23)(H,22,26)(H,24,25)(H,28,29). The quantitative estimate of drug-likeness (QED) is 0.185. The van der Waals surface area contributed by atoms with Gasteiger partial charge in [0, 0.05) is 6.42 Å². The molecule has 0 saturated carbocycles. The van der Waals surface area contributed by atoms with E-state index in [1.807, 2.05) is 20.1 Å². The summed E-state index contributed by atoms with van der Waals surface area (Å²) in [5.74, 6) is -3.62. The third-order valence-corrected chi connectivity index (χ3v) is 4.65. The Morgan fingerprint density at radius 2 is 1.60 bits per heavy atom. The highest BCUT2D eigenvalue weighted by Gasteiger charge is 2.25. The molecular formula is C18H32N4O7S. The summed E-state index contributed by atoms with van der Waals surface area (Å²) in [5.41, 5.74) is 5.84. The molecule has 0 bridgehead atoms. The van der Waals surface area contributed by atoms with Crippen LogP contribution in [-0.4, -0.2) is 76.6 Å². The van der Waals surface area contributed by atoms with Crippen molar-refractivity contribution < 1.29 is 34.2 Å². The van der Waals surface area contributed by atoms with Gasteiger partial charge in [-0.2, -0.15) is 11.8 Å². The van der Waals surface area contributed by atoms with Crippen LogP contribution in [0.3, 0.4) is 0 Å². The normalized spacial score (nSPS) is 13.8. The Bertz CT molecular complexity index is 615. The number of carboxylic acid groups (broad SMARTS) is 2. The first-order valence-electron chi connectivity index (χ1n) is 9.54. The number of nitrogens with two attached hydrogens (primary N) is 1. The smallest absolute Gasteiger partial charge is 0.326 e. The Labute approximate surface area is 179 Å². The second kappa shape index (κ2) is 14.6. The lowest BCUT2D eigenvalue weighted by Gasteiger charge is -2.21. The van der Waals surface area contributed by atoms with Crippen LogP contribution in [0.5, 0.6) is 0 Å². The number of thioether (sulfide) groups is 1. The Balaban J connectivity index is 4.78. The predicted octanol–water partition coefficient (Wildman–Crippen LogP) is -0.852. The molecule has 0 aliphatic rings. The van der Waals surface area contributed by atoms with E-state index in [2.05, 4.69) is 16.0 Å². The molecule has 3 amide bonds. The lowest BCUT2D eigenvalue weighted by molar-refractivity contribution is -0.143. The molecule has 0 aliphatic heterocycles. The molecule has 172 valence electrons. The molecule has 11 nitrogen and oxygen atoms in total. The highest BCUT2D eigenvalue weighted by Crippen LogP contribution is 2.05. The molecule has 3 atom stereocenters. The van der Waals surface area contributed by atoms with Crippen LogP contribution in [0.4, 0.5) is 0 Å². The molecule has 12 heteroatoms. The second-order valence-corrected chi connectivity index (χ2v) is 8.17. The summed E-state index contributed by atoms with van der Waals surface area (Å²) in [6.07, 6.45) is 1.91. The van der Waals surface area contributed by atoms with E-state index in [9.17, 15) is 24.0 Å². The Kier molecular flexibility index (Phi) is 13.5. The zero-order valence-electron chi connectivity index (χ0n) is 17.5. The minimum Gasteiger partial charge on any atom is -0.481 e. The fourth-order valence-electron chi connectivity index (χ4n) is 2.46. The predicted molar refractivity (Wildman–Crippen MR) is 112 cm³/mol.